The summed E-state index contributed by atoms with van der Waals surface area (Å²) in [6, 6.07) is 16.2. The number of carboxylic acids is 1. The molecule has 0 atom stereocenters. The molecule has 0 unspecified atom stereocenters. The van der Waals surface area contributed by atoms with Crippen LogP contribution >= 0.6 is 0 Å². The highest BCUT2D eigenvalue weighted by Crippen LogP contribution is 2.44. The molecule has 0 spiro atoms. The van der Waals surface area contributed by atoms with Gasteiger partial charge in [0.1, 0.15) is 12.2 Å². The number of aryl methyl sites for hydroxylation is 1. The predicted molar refractivity (Wildman–Crippen MR) is 101 cm³/mol. The number of aromatic carboxylic acids is 1. The fourth-order valence-electron chi connectivity index (χ4n) is 3.60. The third-order valence-electron chi connectivity index (χ3n) is 4.77. The summed E-state index contributed by atoms with van der Waals surface area (Å²) in [6.45, 7) is 0.176. The number of amides is 1. The van der Waals surface area contributed by atoms with Crippen LogP contribution in [0.3, 0.4) is 0 Å². The Morgan fingerprint density at radius 1 is 1.04 bits per heavy atom. The Hall–Kier alpha value is -3.54. The number of nitrogens with zero attached hydrogens (tertiary/aromatic N) is 1. The van der Waals surface area contributed by atoms with E-state index < -0.39 is 12.1 Å². The van der Waals surface area contributed by atoms with Crippen molar-refractivity contribution in [2.45, 2.75) is 5.92 Å². The Morgan fingerprint density at radius 3 is 2.22 bits per heavy atom. The van der Waals surface area contributed by atoms with E-state index in [-0.39, 0.29) is 23.8 Å². The maximum absolute atomic E-state index is 12.2. The normalized spacial score (nSPS) is 12.3. The summed E-state index contributed by atoms with van der Waals surface area (Å²) < 4.78 is 7.01. The lowest BCUT2D eigenvalue weighted by atomic mass is 9.98. The van der Waals surface area contributed by atoms with Gasteiger partial charge in [0.2, 0.25) is 0 Å². The van der Waals surface area contributed by atoms with Gasteiger partial charge in [0.05, 0.1) is 5.69 Å². The summed E-state index contributed by atoms with van der Waals surface area (Å²) in [5.41, 5.74) is 4.78. The van der Waals surface area contributed by atoms with Gasteiger partial charge in [0, 0.05) is 25.4 Å². The summed E-state index contributed by atoms with van der Waals surface area (Å²) in [6.07, 6.45) is 2.29. The van der Waals surface area contributed by atoms with Crippen molar-refractivity contribution < 1.29 is 19.4 Å². The molecule has 0 saturated heterocycles. The minimum Gasteiger partial charge on any atom is -0.478 e. The first-order chi connectivity index (χ1) is 13.0. The average Bonchev–Trinajstić information content (AvgIpc) is 3.18. The molecule has 0 radical (unpaired) electrons. The van der Waals surface area contributed by atoms with E-state index in [0.717, 1.165) is 22.3 Å². The average molecular weight is 362 g/mol. The van der Waals surface area contributed by atoms with Crippen molar-refractivity contribution >= 4 is 17.7 Å². The second kappa shape index (κ2) is 6.64. The van der Waals surface area contributed by atoms with Gasteiger partial charge in [-0.3, -0.25) is 5.32 Å². The van der Waals surface area contributed by atoms with Crippen molar-refractivity contribution in [1.82, 2.24) is 4.57 Å². The molecular weight excluding hydrogens is 344 g/mol. The van der Waals surface area contributed by atoms with Crippen LogP contribution in [0.2, 0.25) is 0 Å². The van der Waals surface area contributed by atoms with E-state index in [2.05, 4.69) is 17.4 Å². The third kappa shape index (κ3) is 3.06. The number of rotatable bonds is 4. The van der Waals surface area contributed by atoms with E-state index in [9.17, 15) is 14.7 Å². The predicted octanol–water partition coefficient (Wildman–Crippen LogP) is 4.08. The molecule has 4 rings (SSSR count). The minimum atomic E-state index is -1.11. The zero-order chi connectivity index (χ0) is 19.0. The molecule has 0 aliphatic heterocycles. The molecule has 1 amide bonds. The SMILES string of the molecule is Cn1cc(NC(=O)OCC2c3ccccc3-c3ccccc32)c(C(=O)O)c1. The van der Waals surface area contributed by atoms with Crippen LogP contribution in [-0.4, -0.2) is 28.3 Å². The Labute approximate surface area is 156 Å². The zero-order valence-corrected chi connectivity index (χ0v) is 14.7. The molecule has 27 heavy (non-hydrogen) atoms. The lowest BCUT2D eigenvalue weighted by molar-refractivity contribution is 0.0698. The van der Waals surface area contributed by atoms with Crippen LogP contribution in [0.25, 0.3) is 11.1 Å². The molecule has 0 bridgehead atoms. The molecule has 6 nitrogen and oxygen atoms in total. The molecule has 3 aromatic rings. The summed E-state index contributed by atoms with van der Waals surface area (Å²) in [5, 5.41) is 11.7. The number of nitrogens with one attached hydrogen (secondary N) is 1. The first kappa shape index (κ1) is 16.9. The summed E-state index contributed by atoms with van der Waals surface area (Å²) in [7, 11) is 1.69. The number of carboxylic acid groups (broad SMARTS) is 1. The lowest BCUT2D eigenvalue weighted by Gasteiger charge is -2.14. The molecule has 136 valence electrons. The molecule has 1 aromatic heterocycles. The van der Waals surface area contributed by atoms with E-state index in [1.165, 1.54) is 12.4 Å². The van der Waals surface area contributed by atoms with Crippen molar-refractivity contribution in [3.05, 3.63) is 77.6 Å². The highest BCUT2D eigenvalue weighted by Gasteiger charge is 2.29. The Morgan fingerprint density at radius 2 is 1.63 bits per heavy atom. The monoisotopic (exact) mass is 362 g/mol. The summed E-state index contributed by atoms with van der Waals surface area (Å²) in [4.78, 5) is 23.5. The zero-order valence-electron chi connectivity index (χ0n) is 14.7. The van der Waals surface area contributed by atoms with Crippen LogP contribution in [0, 0.1) is 0 Å². The number of aromatic nitrogens is 1. The van der Waals surface area contributed by atoms with Gasteiger partial charge in [-0.1, -0.05) is 48.5 Å². The Bertz CT molecular complexity index is 993. The summed E-state index contributed by atoms with van der Waals surface area (Å²) >= 11 is 0. The van der Waals surface area contributed by atoms with Crippen LogP contribution in [0.4, 0.5) is 10.5 Å². The van der Waals surface area contributed by atoms with Gasteiger partial charge in [-0.2, -0.15) is 0 Å². The lowest BCUT2D eigenvalue weighted by Crippen LogP contribution is -2.18. The van der Waals surface area contributed by atoms with Crippen molar-refractivity contribution in [2.75, 3.05) is 11.9 Å². The van der Waals surface area contributed by atoms with E-state index in [1.54, 1.807) is 11.6 Å². The van der Waals surface area contributed by atoms with E-state index in [0.29, 0.717) is 0 Å². The molecule has 0 fully saturated rings. The summed E-state index contributed by atoms with van der Waals surface area (Å²) in [5.74, 6) is -1.15. The molecule has 1 heterocycles. The van der Waals surface area contributed by atoms with Gasteiger partial charge >= 0.3 is 12.1 Å². The van der Waals surface area contributed by atoms with Crippen molar-refractivity contribution in [3.63, 3.8) is 0 Å². The topological polar surface area (TPSA) is 80.6 Å². The molecule has 1 aliphatic carbocycles. The second-order valence-corrected chi connectivity index (χ2v) is 6.51. The maximum Gasteiger partial charge on any atom is 0.411 e. The molecule has 0 saturated carbocycles. The quantitative estimate of drug-likeness (QED) is 0.733. The smallest absolute Gasteiger partial charge is 0.411 e. The van der Waals surface area contributed by atoms with Gasteiger partial charge in [-0.25, -0.2) is 9.59 Å². The van der Waals surface area contributed by atoms with Gasteiger partial charge in [-0.15, -0.1) is 0 Å². The third-order valence-corrected chi connectivity index (χ3v) is 4.77. The van der Waals surface area contributed by atoms with Crippen molar-refractivity contribution in [2.24, 2.45) is 7.05 Å². The van der Waals surface area contributed by atoms with Crippen LogP contribution in [0.1, 0.15) is 27.4 Å². The fraction of sp³-hybridized carbons (Fsp3) is 0.143. The van der Waals surface area contributed by atoms with Crippen molar-refractivity contribution in [3.8, 4) is 11.1 Å². The van der Waals surface area contributed by atoms with E-state index >= 15 is 0 Å². The van der Waals surface area contributed by atoms with Gasteiger partial charge in [-0.05, 0) is 22.3 Å². The first-order valence-corrected chi connectivity index (χ1v) is 8.56. The number of fused-ring (bicyclic) bond motifs is 3. The number of anilines is 1. The van der Waals surface area contributed by atoms with E-state index in [4.69, 9.17) is 4.74 Å². The number of benzene rings is 2. The molecule has 2 N–H and O–H groups in total. The number of ether oxygens (including phenoxy) is 1. The van der Waals surface area contributed by atoms with Crippen molar-refractivity contribution in [1.29, 1.82) is 0 Å². The van der Waals surface area contributed by atoms with Crippen LogP contribution in [0.15, 0.2) is 60.9 Å². The van der Waals surface area contributed by atoms with Crippen LogP contribution in [0.5, 0.6) is 0 Å². The molecule has 2 aromatic carbocycles. The standard InChI is InChI=1S/C21H18N2O4/c1-23-10-17(20(24)25)19(11-23)22-21(26)27-12-18-15-8-4-2-6-13(15)14-7-3-5-9-16(14)18/h2-11,18H,12H2,1H3,(H,22,26)(H,24,25). The fourth-order valence-corrected chi connectivity index (χ4v) is 3.60. The van der Waals surface area contributed by atoms with Gasteiger partial charge < -0.3 is 14.4 Å². The molecule has 1 aliphatic rings. The van der Waals surface area contributed by atoms with E-state index in [1.807, 2.05) is 36.4 Å². The highest BCUT2D eigenvalue weighted by molar-refractivity contribution is 5.98. The molecule has 6 heteroatoms. The van der Waals surface area contributed by atoms with Gasteiger partial charge in [0.25, 0.3) is 0 Å². The number of carbonyl (C=O) groups is 2. The number of carbonyl (C=O) groups excluding carboxylic acids is 1. The number of hydrogen-bond acceptors (Lipinski definition) is 3. The van der Waals surface area contributed by atoms with Crippen LogP contribution in [-0.2, 0) is 11.8 Å². The highest BCUT2D eigenvalue weighted by atomic mass is 16.5. The molecular formula is C21H18N2O4. The first-order valence-electron chi connectivity index (χ1n) is 8.56. The van der Waals surface area contributed by atoms with Crippen LogP contribution < -0.4 is 5.32 Å². The number of hydrogen-bond donors (Lipinski definition) is 2. The minimum absolute atomic E-state index is 0.0195. The Kier molecular flexibility index (Phi) is 4.16. The second-order valence-electron chi connectivity index (χ2n) is 6.51. The maximum atomic E-state index is 12.2. The Balaban J connectivity index is 1.51. The van der Waals surface area contributed by atoms with Gasteiger partial charge in [0.15, 0.2) is 0 Å². The largest absolute Gasteiger partial charge is 0.478 e.